The van der Waals surface area contributed by atoms with Gasteiger partial charge in [0.15, 0.2) is 5.69 Å². The van der Waals surface area contributed by atoms with Gasteiger partial charge in [-0.2, -0.15) is 5.10 Å². The fourth-order valence-electron chi connectivity index (χ4n) is 2.70. The van der Waals surface area contributed by atoms with E-state index >= 15 is 0 Å². The number of nitrogens with zero attached hydrogens (tertiary/aromatic N) is 2. The number of benzene rings is 1. The van der Waals surface area contributed by atoms with E-state index in [0.29, 0.717) is 22.9 Å². The van der Waals surface area contributed by atoms with Gasteiger partial charge in [0.1, 0.15) is 0 Å². The van der Waals surface area contributed by atoms with E-state index in [9.17, 15) is 19.5 Å². The predicted octanol–water partition coefficient (Wildman–Crippen LogP) is 0.792. The second-order valence-corrected chi connectivity index (χ2v) is 5.06. The summed E-state index contributed by atoms with van der Waals surface area (Å²) < 4.78 is 1.31. The second kappa shape index (κ2) is 4.69. The summed E-state index contributed by atoms with van der Waals surface area (Å²) in [7, 11) is 1.56. The van der Waals surface area contributed by atoms with Gasteiger partial charge in [-0.25, -0.2) is 4.79 Å². The molecular formula is C14H13N3O4. The summed E-state index contributed by atoms with van der Waals surface area (Å²) in [6.07, 6.45) is 0.714. The molecular weight excluding hydrogens is 274 g/mol. The summed E-state index contributed by atoms with van der Waals surface area (Å²) >= 11 is 0. The van der Waals surface area contributed by atoms with Crippen molar-refractivity contribution in [3.05, 3.63) is 29.5 Å². The number of aromatic nitrogens is 2. The van der Waals surface area contributed by atoms with Gasteiger partial charge in [0.05, 0.1) is 11.4 Å². The predicted molar refractivity (Wildman–Crippen MR) is 72.8 cm³/mol. The minimum absolute atomic E-state index is 0.0825. The third kappa shape index (κ3) is 2.16. The van der Waals surface area contributed by atoms with Crippen molar-refractivity contribution in [2.45, 2.75) is 18.8 Å². The molecule has 0 aliphatic carbocycles. The number of aryl methyl sites for hydroxylation is 1. The summed E-state index contributed by atoms with van der Waals surface area (Å²) in [6, 6.07) is 5.12. The quantitative estimate of drug-likeness (QED) is 0.795. The van der Waals surface area contributed by atoms with E-state index in [2.05, 4.69) is 10.4 Å². The summed E-state index contributed by atoms with van der Waals surface area (Å²) in [5.74, 6) is -2.12. The minimum Gasteiger partial charge on any atom is -0.477 e. The maximum Gasteiger partial charge on any atom is 0.354 e. The van der Waals surface area contributed by atoms with Gasteiger partial charge in [-0.15, -0.1) is 0 Å². The van der Waals surface area contributed by atoms with Crippen molar-refractivity contribution in [3.8, 4) is 0 Å². The van der Waals surface area contributed by atoms with Gasteiger partial charge >= 0.3 is 5.97 Å². The molecule has 1 aliphatic rings. The van der Waals surface area contributed by atoms with E-state index in [1.807, 2.05) is 0 Å². The van der Waals surface area contributed by atoms with Crippen LogP contribution in [0.25, 0.3) is 10.9 Å². The van der Waals surface area contributed by atoms with E-state index in [0.717, 1.165) is 0 Å². The van der Waals surface area contributed by atoms with Crippen LogP contribution in [0.15, 0.2) is 18.2 Å². The van der Waals surface area contributed by atoms with Crippen LogP contribution in [0, 0.1) is 0 Å². The van der Waals surface area contributed by atoms with Crippen LogP contribution in [0.1, 0.15) is 34.8 Å². The van der Waals surface area contributed by atoms with Crippen molar-refractivity contribution < 1.29 is 19.5 Å². The van der Waals surface area contributed by atoms with Gasteiger partial charge in [0, 0.05) is 18.9 Å². The fourth-order valence-corrected chi connectivity index (χ4v) is 2.70. The molecule has 0 bridgehead atoms. The van der Waals surface area contributed by atoms with E-state index in [4.69, 9.17) is 0 Å². The first kappa shape index (κ1) is 13.3. The molecule has 0 saturated carbocycles. The Kier molecular flexibility index (Phi) is 2.97. The van der Waals surface area contributed by atoms with Crippen LogP contribution < -0.4 is 5.32 Å². The number of nitrogens with one attached hydrogen (secondary N) is 1. The molecule has 108 valence electrons. The lowest BCUT2D eigenvalue weighted by Gasteiger charge is -2.21. The molecule has 2 N–H and O–H groups in total. The molecule has 1 fully saturated rings. The van der Waals surface area contributed by atoms with Gasteiger partial charge in [-0.3, -0.25) is 19.6 Å². The van der Waals surface area contributed by atoms with Gasteiger partial charge in [0.2, 0.25) is 11.8 Å². The summed E-state index contributed by atoms with van der Waals surface area (Å²) in [4.78, 5) is 34.4. The molecule has 1 unspecified atom stereocenters. The lowest BCUT2D eigenvalue weighted by molar-refractivity contribution is -0.134. The van der Waals surface area contributed by atoms with Crippen LogP contribution in [-0.2, 0) is 16.6 Å². The zero-order chi connectivity index (χ0) is 15.1. The number of amides is 2. The molecule has 1 atom stereocenters. The van der Waals surface area contributed by atoms with Crippen molar-refractivity contribution >= 4 is 28.7 Å². The zero-order valence-electron chi connectivity index (χ0n) is 11.3. The Hall–Kier alpha value is -2.70. The fraction of sp³-hybridized carbons (Fsp3) is 0.286. The number of piperidine rings is 1. The Balaban J connectivity index is 2.08. The number of carbonyl (C=O) groups excluding carboxylic acids is 2. The molecule has 0 spiro atoms. The zero-order valence-corrected chi connectivity index (χ0v) is 11.3. The summed E-state index contributed by atoms with van der Waals surface area (Å²) in [6.45, 7) is 0. The molecule has 1 saturated heterocycles. The van der Waals surface area contributed by atoms with E-state index in [-0.39, 0.29) is 23.9 Å². The van der Waals surface area contributed by atoms with E-state index in [1.165, 1.54) is 4.68 Å². The molecule has 7 nitrogen and oxygen atoms in total. The summed E-state index contributed by atoms with van der Waals surface area (Å²) in [5.41, 5.74) is 1.34. The number of hydrogen-bond donors (Lipinski definition) is 2. The smallest absolute Gasteiger partial charge is 0.354 e. The normalized spacial score (nSPS) is 18.8. The largest absolute Gasteiger partial charge is 0.477 e. The molecule has 0 radical (unpaired) electrons. The number of aromatic carboxylic acids is 1. The monoisotopic (exact) mass is 287 g/mol. The number of carboxylic acids is 1. The number of imide groups is 1. The number of carboxylic acid groups (broad SMARTS) is 1. The average Bonchev–Trinajstić information content (AvgIpc) is 2.73. The van der Waals surface area contributed by atoms with Gasteiger partial charge < -0.3 is 5.11 Å². The Bertz CT molecular complexity index is 778. The molecule has 1 aromatic heterocycles. The first-order valence-corrected chi connectivity index (χ1v) is 6.51. The van der Waals surface area contributed by atoms with E-state index < -0.39 is 11.9 Å². The SMILES string of the molecule is Cn1nc2ccc(C3CCC(=O)NC3=O)cc2c1C(=O)O. The standard InChI is InChI=1S/C14H13N3O4/c1-17-12(14(20)21)9-6-7(2-4-10(9)16-17)8-3-5-11(18)15-13(8)19/h2,4,6,8H,3,5H2,1H3,(H,20,21)(H,15,18,19). The van der Waals surface area contributed by atoms with Gasteiger partial charge in [0.25, 0.3) is 0 Å². The third-order valence-electron chi connectivity index (χ3n) is 3.70. The number of rotatable bonds is 2. The van der Waals surface area contributed by atoms with Crippen LogP contribution in [-0.4, -0.2) is 32.7 Å². The Morgan fingerprint density at radius 2 is 2.19 bits per heavy atom. The first-order valence-electron chi connectivity index (χ1n) is 6.51. The highest BCUT2D eigenvalue weighted by Crippen LogP contribution is 2.28. The molecule has 2 aromatic rings. The van der Waals surface area contributed by atoms with Crippen LogP contribution in [0.2, 0.25) is 0 Å². The lowest BCUT2D eigenvalue weighted by Crippen LogP contribution is -2.39. The number of fused-ring (bicyclic) bond motifs is 1. The summed E-state index contributed by atoms with van der Waals surface area (Å²) in [5, 5.41) is 16.2. The first-order chi connectivity index (χ1) is 9.97. The number of carbonyl (C=O) groups is 3. The topological polar surface area (TPSA) is 101 Å². The molecule has 7 heteroatoms. The van der Waals surface area contributed by atoms with Crippen molar-refractivity contribution in [2.24, 2.45) is 7.05 Å². The minimum atomic E-state index is -1.07. The maximum absolute atomic E-state index is 11.9. The molecule has 21 heavy (non-hydrogen) atoms. The molecule has 2 amide bonds. The highest BCUT2D eigenvalue weighted by molar-refractivity contribution is 6.03. The molecule has 1 aliphatic heterocycles. The molecule has 1 aromatic carbocycles. The highest BCUT2D eigenvalue weighted by Gasteiger charge is 2.28. The Labute approximate surface area is 119 Å². The molecule has 3 rings (SSSR count). The Morgan fingerprint density at radius 1 is 1.43 bits per heavy atom. The molecule has 2 heterocycles. The van der Waals surface area contributed by atoms with Crippen molar-refractivity contribution in [1.29, 1.82) is 0 Å². The van der Waals surface area contributed by atoms with Crippen LogP contribution in [0.5, 0.6) is 0 Å². The highest BCUT2D eigenvalue weighted by atomic mass is 16.4. The van der Waals surface area contributed by atoms with Gasteiger partial charge in [-0.05, 0) is 24.1 Å². The Morgan fingerprint density at radius 3 is 2.86 bits per heavy atom. The third-order valence-corrected chi connectivity index (χ3v) is 3.70. The van der Waals surface area contributed by atoms with Crippen molar-refractivity contribution in [1.82, 2.24) is 15.1 Å². The number of hydrogen-bond acceptors (Lipinski definition) is 4. The van der Waals surface area contributed by atoms with Crippen LogP contribution in [0.3, 0.4) is 0 Å². The second-order valence-electron chi connectivity index (χ2n) is 5.06. The lowest BCUT2D eigenvalue weighted by atomic mass is 9.90. The average molecular weight is 287 g/mol. The van der Waals surface area contributed by atoms with Crippen LogP contribution in [0.4, 0.5) is 0 Å². The van der Waals surface area contributed by atoms with Crippen LogP contribution >= 0.6 is 0 Å². The van der Waals surface area contributed by atoms with E-state index in [1.54, 1.807) is 25.2 Å². The van der Waals surface area contributed by atoms with Gasteiger partial charge in [-0.1, -0.05) is 6.07 Å². The van der Waals surface area contributed by atoms with Crippen molar-refractivity contribution in [3.63, 3.8) is 0 Å². The maximum atomic E-state index is 11.9. The van der Waals surface area contributed by atoms with Crippen molar-refractivity contribution in [2.75, 3.05) is 0 Å².